The van der Waals surface area contributed by atoms with Gasteiger partial charge in [0.05, 0.1) is 16.1 Å². The molecule has 1 atom stereocenters. The predicted molar refractivity (Wildman–Crippen MR) is 88.8 cm³/mol. The van der Waals surface area contributed by atoms with Crippen molar-refractivity contribution in [2.45, 2.75) is 6.10 Å². The molecule has 0 saturated heterocycles. The number of benzene rings is 1. The third kappa shape index (κ3) is 3.66. The predicted octanol–water partition coefficient (Wildman–Crippen LogP) is 3.33. The molecule has 0 saturated carbocycles. The van der Waals surface area contributed by atoms with Crippen molar-refractivity contribution in [1.29, 1.82) is 0 Å². The summed E-state index contributed by atoms with van der Waals surface area (Å²) in [4.78, 5) is 31.2. The largest absolute Gasteiger partial charge is 0.449 e. The molecule has 0 fully saturated rings. The van der Waals surface area contributed by atoms with Crippen molar-refractivity contribution in [3.8, 4) is 0 Å². The Morgan fingerprint density at radius 1 is 1.00 bits per heavy atom. The van der Waals surface area contributed by atoms with Crippen LogP contribution in [0.2, 0.25) is 0 Å². The molecule has 0 bridgehead atoms. The van der Waals surface area contributed by atoms with Crippen LogP contribution in [0.25, 0.3) is 0 Å². The third-order valence-corrected chi connectivity index (χ3v) is 3.53. The zero-order valence-corrected chi connectivity index (χ0v) is 13.0. The van der Waals surface area contributed by atoms with Gasteiger partial charge in [-0.15, -0.1) is 0 Å². The van der Waals surface area contributed by atoms with E-state index >= 15 is 0 Å². The number of rotatable bonds is 5. The topological polar surface area (TPSA) is 95.2 Å². The van der Waals surface area contributed by atoms with E-state index < -0.39 is 17.0 Å². The van der Waals surface area contributed by atoms with Crippen LogP contribution in [0.3, 0.4) is 0 Å². The van der Waals surface area contributed by atoms with E-state index in [0.29, 0.717) is 5.56 Å². The highest BCUT2D eigenvalue weighted by molar-refractivity contribution is 5.89. The normalized spacial score (nSPS) is 11.5. The average molecular weight is 335 g/mol. The van der Waals surface area contributed by atoms with Crippen molar-refractivity contribution in [2.24, 2.45) is 0 Å². The van der Waals surface area contributed by atoms with Crippen LogP contribution in [0.15, 0.2) is 73.3 Å². The van der Waals surface area contributed by atoms with E-state index in [1.807, 2.05) is 0 Å². The number of carbonyl (C=O) groups excluding carboxylic acids is 1. The lowest BCUT2D eigenvalue weighted by Gasteiger charge is -2.18. The molecule has 0 radical (unpaired) electrons. The van der Waals surface area contributed by atoms with E-state index in [4.69, 9.17) is 4.74 Å². The van der Waals surface area contributed by atoms with Crippen LogP contribution in [0.4, 0.5) is 5.69 Å². The molecule has 0 spiro atoms. The molecule has 0 N–H and O–H groups in total. The molecule has 1 unspecified atom stereocenters. The van der Waals surface area contributed by atoms with Crippen LogP contribution in [0, 0.1) is 10.1 Å². The molecule has 0 aliphatic rings. The summed E-state index contributed by atoms with van der Waals surface area (Å²) in [6.45, 7) is 0. The van der Waals surface area contributed by atoms with Crippen molar-refractivity contribution in [3.05, 3.63) is 100 Å². The van der Waals surface area contributed by atoms with Crippen LogP contribution in [-0.2, 0) is 4.74 Å². The number of pyridine rings is 2. The lowest BCUT2D eigenvalue weighted by atomic mass is 10.0. The lowest BCUT2D eigenvalue weighted by Crippen LogP contribution is -2.14. The molecular weight excluding hydrogens is 322 g/mol. The molecule has 0 amide bonds. The van der Waals surface area contributed by atoms with Gasteiger partial charge in [-0.2, -0.15) is 0 Å². The van der Waals surface area contributed by atoms with Gasteiger partial charge in [0, 0.05) is 36.4 Å². The number of aromatic nitrogens is 2. The number of nitro benzene ring substituents is 1. The first-order chi connectivity index (χ1) is 12.2. The number of nitrogens with zero attached hydrogens (tertiary/aromatic N) is 3. The number of para-hydroxylation sites is 1. The summed E-state index contributed by atoms with van der Waals surface area (Å²) >= 11 is 0. The SMILES string of the molecule is O=C(OC(c1cccnc1)c1ccccc1[N+](=O)[O-])c1cccnc1. The number of hydrogen-bond donors (Lipinski definition) is 0. The second kappa shape index (κ2) is 7.31. The summed E-state index contributed by atoms with van der Waals surface area (Å²) in [5.41, 5.74) is 0.942. The van der Waals surface area contributed by atoms with Crippen LogP contribution < -0.4 is 0 Å². The van der Waals surface area contributed by atoms with E-state index in [0.717, 1.165) is 0 Å². The third-order valence-electron chi connectivity index (χ3n) is 3.53. The molecule has 3 rings (SSSR count). The van der Waals surface area contributed by atoms with Crippen LogP contribution in [0.1, 0.15) is 27.6 Å². The first kappa shape index (κ1) is 16.3. The molecule has 25 heavy (non-hydrogen) atoms. The van der Waals surface area contributed by atoms with Gasteiger partial charge in [-0.05, 0) is 24.3 Å². The molecule has 1 aromatic carbocycles. The minimum atomic E-state index is -0.956. The highest BCUT2D eigenvalue weighted by atomic mass is 16.6. The summed E-state index contributed by atoms with van der Waals surface area (Å²) in [6, 6.07) is 12.7. The fourth-order valence-corrected chi connectivity index (χ4v) is 2.38. The summed E-state index contributed by atoms with van der Waals surface area (Å²) < 4.78 is 5.58. The maximum absolute atomic E-state index is 12.4. The number of esters is 1. The first-order valence-corrected chi connectivity index (χ1v) is 7.41. The maximum Gasteiger partial charge on any atom is 0.340 e. The zero-order chi connectivity index (χ0) is 17.6. The van der Waals surface area contributed by atoms with Crippen molar-refractivity contribution in [1.82, 2.24) is 9.97 Å². The van der Waals surface area contributed by atoms with Crippen molar-refractivity contribution in [3.63, 3.8) is 0 Å². The van der Waals surface area contributed by atoms with Gasteiger partial charge in [0.15, 0.2) is 6.10 Å². The standard InChI is InChI=1S/C18H13N3O4/c22-18(14-6-4-10-20-12-14)25-17(13-5-3-9-19-11-13)15-7-1-2-8-16(15)21(23)24/h1-12,17H. The molecule has 3 aromatic rings. The monoisotopic (exact) mass is 335 g/mol. The summed E-state index contributed by atoms with van der Waals surface area (Å²) in [5.74, 6) is -0.625. The van der Waals surface area contributed by atoms with Gasteiger partial charge in [-0.3, -0.25) is 20.1 Å². The van der Waals surface area contributed by atoms with Crippen LogP contribution in [0.5, 0.6) is 0 Å². The van der Waals surface area contributed by atoms with E-state index in [-0.39, 0.29) is 16.8 Å². The average Bonchev–Trinajstić information content (AvgIpc) is 2.67. The summed E-state index contributed by atoms with van der Waals surface area (Å²) in [7, 11) is 0. The van der Waals surface area contributed by atoms with E-state index in [1.165, 1.54) is 24.7 Å². The molecule has 7 nitrogen and oxygen atoms in total. The Balaban J connectivity index is 2.03. The zero-order valence-electron chi connectivity index (χ0n) is 13.0. The smallest absolute Gasteiger partial charge is 0.340 e. The Bertz CT molecular complexity index is 885. The van der Waals surface area contributed by atoms with E-state index in [2.05, 4.69) is 9.97 Å². The van der Waals surface area contributed by atoms with Gasteiger partial charge in [0.25, 0.3) is 5.69 Å². The van der Waals surface area contributed by atoms with E-state index in [9.17, 15) is 14.9 Å². The molecular formula is C18H13N3O4. The molecule has 124 valence electrons. The summed E-state index contributed by atoms with van der Waals surface area (Å²) in [5, 5.41) is 11.4. The Morgan fingerprint density at radius 2 is 1.72 bits per heavy atom. The number of nitro groups is 1. The fraction of sp³-hybridized carbons (Fsp3) is 0.0556. The second-order valence-electron chi connectivity index (χ2n) is 5.13. The van der Waals surface area contributed by atoms with Gasteiger partial charge in [0.1, 0.15) is 0 Å². The summed E-state index contributed by atoms with van der Waals surface area (Å²) in [6.07, 6.45) is 5.04. The highest BCUT2D eigenvalue weighted by Crippen LogP contribution is 2.33. The van der Waals surface area contributed by atoms with E-state index in [1.54, 1.807) is 48.7 Å². The van der Waals surface area contributed by atoms with Crippen molar-refractivity contribution < 1.29 is 14.5 Å². The maximum atomic E-state index is 12.4. The van der Waals surface area contributed by atoms with Gasteiger partial charge in [-0.1, -0.05) is 18.2 Å². The van der Waals surface area contributed by atoms with Gasteiger partial charge >= 0.3 is 5.97 Å². The number of ether oxygens (including phenoxy) is 1. The molecule has 0 aliphatic carbocycles. The van der Waals surface area contributed by atoms with Crippen LogP contribution in [-0.4, -0.2) is 20.9 Å². The second-order valence-corrected chi connectivity index (χ2v) is 5.13. The molecule has 2 heterocycles. The minimum Gasteiger partial charge on any atom is -0.449 e. The van der Waals surface area contributed by atoms with Gasteiger partial charge < -0.3 is 4.74 Å². The van der Waals surface area contributed by atoms with Gasteiger partial charge in [0.2, 0.25) is 0 Å². The van der Waals surface area contributed by atoms with Crippen molar-refractivity contribution >= 4 is 11.7 Å². The number of hydrogen-bond acceptors (Lipinski definition) is 6. The lowest BCUT2D eigenvalue weighted by molar-refractivity contribution is -0.386. The Morgan fingerprint density at radius 3 is 2.36 bits per heavy atom. The Labute approximate surface area is 143 Å². The first-order valence-electron chi connectivity index (χ1n) is 7.41. The Kier molecular flexibility index (Phi) is 4.75. The molecule has 2 aromatic heterocycles. The van der Waals surface area contributed by atoms with Crippen molar-refractivity contribution in [2.75, 3.05) is 0 Å². The quantitative estimate of drug-likeness (QED) is 0.403. The van der Waals surface area contributed by atoms with Gasteiger partial charge in [-0.25, -0.2) is 4.79 Å². The highest BCUT2D eigenvalue weighted by Gasteiger charge is 2.27. The van der Waals surface area contributed by atoms with Crippen LogP contribution >= 0.6 is 0 Å². The number of carbonyl (C=O) groups is 1. The fourth-order valence-electron chi connectivity index (χ4n) is 2.38. The molecule has 0 aliphatic heterocycles. The molecule has 7 heteroatoms. The Hall–Kier alpha value is -3.61. The minimum absolute atomic E-state index is 0.129.